The number of aromatic nitrogens is 3. The second-order valence-corrected chi connectivity index (χ2v) is 8.19. The van der Waals surface area contributed by atoms with E-state index in [2.05, 4.69) is 21.8 Å². The van der Waals surface area contributed by atoms with Gasteiger partial charge < -0.3 is 9.72 Å². The van der Waals surface area contributed by atoms with Crippen molar-refractivity contribution in [3.05, 3.63) is 64.3 Å². The van der Waals surface area contributed by atoms with Gasteiger partial charge in [0.2, 0.25) is 0 Å². The van der Waals surface area contributed by atoms with Crippen LogP contribution in [0.1, 0.15) is 56.1 Å². The van der Waals surface area contributed by atoms with Crippen LogP contribution >= 0.6 is 0 Å². The van der Waals surface area contributed by atoms with Crippen molar-refractivity contribution >= 4 is 5.52 Å². The van der Waals surface area contributed by atoms with Gasteiger partial charge in [0.05, 0.1) is 11.9 Å². The number of nitrogens with zero attached hydrogens (tertiary/aromatic N) is 3. The van der Waals surface area contributed by atoms with E-state index in [0.29, 0.717) is 30.3 Å². The Hall–Kier alpha value is -2.67. The smallest absolute Gasteiger partial charge is 0.274 e. The lowest BCUT2D eigenvalue weighted by molar-refractivity contribution is -0.00824. The van der Waals surface area contributed by atoms with Gasteiger partial charge in [0.25, 0.3) is 5.56 Å². The molecule has 29 heavy (non-hydrogen) atoms. The molecule has 1 aromatic carbocycles. The molecule has 2 aliphatic rings. The van der Waals surface area contributed by atoms with E-state index in [1.165, 1.54) is 18.9 Å². The number of hydrogen-bond acceptors (Lipinski definition) is 4. The Morgan fingerprint density at radius 2 is 2.00 bits per heavy atom. The second-order valence-electron chi connectivity index (χ2n) is 8.19. The van der Waals surface area contributed by atoms with Crippen LogP contribution in [0.3, 0.4) is 0 Å². The van der Waals surface area contributed by atoms with Crippen LogP contribution in [0.15, 0.2) is 41.5 Å². The first-order chi connectivity index (χ1) is 14.1. The lowest BCUT2D eigenvalue weighted by Gasteiger charge is -2.42. The van der Waals surface area contributed by atoms with Crippen LogP contribution in [-0.2, 0) is 0 Å². The highest BCUT2D eigenvalue weighted by atomic mass is 19.1. The summed E-state index contributed by atoms with van der Waals surface area (Å²) in [6.07, 6.45) is 8.38. The molecule has 6 nitrogen and oxygen atoms in total. The molecule has 3 aromatic rings. The van der Waals surface area contributed by atoms with E-state index in [9.17, 15) is 9.18 Å². The van der Waals surface area contributed by atoms with E-state index in [-0.39, 0.29) is 23.5 Å². The molecule has 1 atom stereocenters. The second kappa shape index (κ2) is 7.30. The molecule has 7 heteroatoms. The summed E-state index contributed by atoms with van der Waals surface area (Å²) in [5.41, 5.74) is 1.36. The monoisotopic (exact) mass is 396 g/mol. The summed E-state index contributed by atoms with van der Waals surface area (Å²) >= 11 is 0. The number of para-hydroxylation sites is 1. The topological polar surface area (TPSA) is 62.6 Å². The zero-order valence-electron chi connectivity index (χ0n) is 16.5. The predicted molar refractivity (Wildman–Crippen MR) is 108 cm³/mol. The average Bonchev–Trinajstić information content (AvgIpc) is 3.34. The van der Waals surface area contributed by atoms with Crippen LogP contribution < -0.4 is 10.3 Å². The first-order valence-electron chi connectivity index (χ1n) is 10.4. The quantitative estimate of drug-likeness (QED) is 0.715. The number of H-pyrrole nitrogens is 1. The molecular weight excluding hydrogens is 371 g/mol. The van der Waals surface area contributed by atoms with Crippen LogP contribution in [0, 0.1) is 5.82 Å². The van der Waals surface area contributed by atoms with E-state index in [4.69, 9.17) is 4.74 Å². The highest BCUT2D eigenvalue weighted by Gasteiger charge is 2.34. The highest BCUT2D eigenvalue weighted by molar-refractivity contribution is 5.44. The third-order valence-electron chi connectivity index (χ3n) is 6.31. The van der Waals surface area contributed by atoms with Gasteiger partial charge in [-0.2, -0.15) is 0 Å². The van der Waals surface area contributed by atoms with Crippen LogP contribution in [0.4, 0.5) is 4.39 Å². The van der Waals surface area contributed by atoms with Crippen LogP contribution in [0.2, 0.25) is 0 Å². The van der Waals surface area contributed by atoms with E-state index in [1.54, 1.807) is 24.4 Å². The molecule has 0 amide bonds. The van der Waals surface area contributed by atoms with Gasteiger partial charge in [-0.1, -0.05) is 25.0 Å². The highest BCUT2D eigenvalue weighted by Crippen LogP contribution is 2.34. The van der Waals surface area contributed by atoms with E-state index >= 15 is 0 Å². The fourth-order valence-corrected chi connectivity index (χ4v) is 4.52. The Bertz CT molecular complexity index is 1080. The molecule has 0 spiro atoms. The van der Waals surface area contributed by atoms with Gasteiger partial charge in [-0.05, 0) is 31.9 Å². The molecule has 152 valence electrons. The Kier molecular flexibility index (Phi) is 4.62. The van der Waals surface area contributed by atoms with Crippen LogP contribution in [0.25, 0.3) is 5.52 Å². The maximum atomic E-state index is 13.8. The van der Waals surface area contributed by atoms with Crippen molar-refractivity contribution < 1.29 is 9.13 Å². The summed E-state index contributed by atoms with van der Waals surface area (Å²) in [7, 11) is 0. The number of likely N-dealkylation sites (tertiary alicyclic amines) is 1. The van der Waals surface area contributed by atoms with Crippen molar-refractivity contribution in [2.24, 2.45) is 0 Å². The van der Waals surface area contributed by atoms with E-state index < -0.39 is 0 Å². The van der Waals surface area contributed by atoms with Crippen molar-refractivity contribution in [1.29, 1.82) is 0 Å². The third kappa shape index (κ3) is 3.33. The Balaban J connectivity index is 1.32. The molecule has 5 rings (SSSR count). The molecular formula is C22H25FN4O2. The van der Waals surface area contributed by atoms with Crippen molar-refractivity contribution in [2.75, 3.05) is 13.1 Å². The van der Waals surface area contributed by atoms with Gasteiger partial charge >= 0.3 is 0 Å². The molecule has 1 unspecified atom stereocenters. The first kappa shape index (κ1) is 18.4. The summed E-state index contributed by atoms with van der Waals surface area (Å²) in [5.74, 6) is 1.39. The zero-order chi connectivity index (χ0) is 20.0. The first-order valence-corrected chi connectivity index (χ1v) is 10.4. The summed E-state index contributed by atoms with van der Waals surface area (Å²) in [4.78, 5) is 22.4. The SMILES string of the molecule is CC(c1cn2c(C3CCCC3)ncc2c(=O)[nH]1)N1CC(Oc2ccccc2F)C1. The molecule has 2 aromatic heterocycles. The Morgan fingerprint density at radius 1 is 1.24 bits per heavy atom. The third-order valence-corrected chi connectivity index (χ3v) is 6.31. The number of benzene rings is 1. The molecule has 1 saturated heterocycles. The van der Waals surface area contributed by atoms with Crippen molar-refractivity contribution in [3.8, 4) is 5.75 Å². The number of ether oxygens (including phenoxy) is 1. The number of hydrogen-bond donors (Lipinski definition) is 1. The minimum atomic E-state index is -0.340. The molecule has 2 fully saturated rings. The summed E-state index contributed by atoms with van der Waals surface area (Å²) in [5, 5.41) is 0. The number of halogens is 1. The van der Waals surface area contributed by atoms with Gasteiger partial charge in [0, 0.05) is 31.2 Å². The fourth-order valence-electron chi connectivity index (χ4n) is 4.52. The average molecular weight is 396 g/mol. The minimum absolute atomic E-state index is 0.0337. The lowest BCUT2D eigenvalue weighted by atomic mass is 10.1. The van der Waals surface area contributed by atoms with Crippen LogP contribution in [-0.4, -0.2) is 38.5 Å². The van der Waals surface area contributed by atoms with Crippen molar-refractivity contribution in [3.63, 3.8) is 0 Å². The lowest BCUT2D eigenvalue weighted by Crippen LogP contribution is -2.54. The predicted octanol–water partition coefficient (Wildman–Crippen LogP) is 3.64. The van der Waals surface area contributed by atoms with Gasteiger partial charge in [0.15, 0.2) is 11.6 Å². The molecule has 1 N–H and O–H groups in total. The zero-order valence-corrected chi connectivity index (χ0v) is 16.5. The van der Waals surface area contributed by atoms with Gasteiger partial charge in [-0.25, -0.2) is 9.37 Å². The van der Waals surface area contributed by atoms with Gasteiger partial charge in [-0.3, -0.25) is 14.1 Å². The van der Waals surface area contributed by atoms with Gasteiger partial charge in [-0.15, -0.1) is 0 Å². The fraction of sp³-hybridized carbons (Fsp3) is 0.455. The standard InChI is InChI=1S/C22H25FN4O2/c1-14(26-11-16(12-26)29-20-9-5-4-8-17(20)23)18-13-27-19(22(28)25-18)10-24-21(27)15-6-2-3-7-15/h4-5,8-10,13-16H,2-3,6-7,11-12H2,1H3,(H,25,28). The van der Waals surface area contributed by atoms with Crippen molar-refractivity contribution in [2.45, 2.75) is 50.7 Å². The number of nitrogens with one attached hydrogen (secondary N) is 1. The Labute approximate surface area is 168 Å². The molecule has 0 bridgehead atoms. The number of rotatable bonds is 5. The summed E-state index contributed by atoms with van der Waals surface area (Å²) in [6.45, 7) is 3.45. The maximum Gasteiger partial charge on any atom is 0.274 e. The normalized spacial score (nSPS) is 19.5. The maximum absolute atomic E-state index is 13.8. The van der Waals surface area contributed by atoms with E-state index in [1.807, 2.05) is 10.6 Å². The molecule has 1 saturated carbocycles. The molecule has 0 radical (unpaired) electrons. The minimum Gasteiger partial charge on any atom is -0.485 e. The number of fused-ring (bicyclic) bond motifs is 1. The number of aromatic amines is 1. The number of imidazole rings is 1. The Morgan fingerprint density at radius 3 is 2.76 bits per heavy atom. The van der Waals surface area contributed by atoms with Gasteiger partial charge in [0.1, 0.15) is 17.4 Å². The molecule has 1 aliphatic heterocycles. The summed E-state index contributed by atoms with van der Waals surface area (Å²) < 4.78 is 21.5. The van der Waals surface area contributed by atoms with E-state index in [0.717, 1.165) is 24.4 Å². The summed E-state index contributed by atoms with van der Waals surface area (Å²) in [6, 6.07) is 6.51. The van der Waals surface area contributed by atoms with Crippen LogP contribution in [0.5, 0.6) is 5.75 Å². The molecule has 3 heterocycles. The largest absolute Gasteiger partial charge is 0.485 e. The molecule has 1 aliphatic carbocycles. The van der Waals surface area contributed by atoms with Crippen molar-refractivity contribution in [1.82, 2.24) is 19.3 Å².